The lowest BCUT2D eigenvalue weighted by Gasteiger charge is -2.52. The van der Waals surface area contributed by atoms with Gasteiger partial charge in [0.2, 0.25) is 5.79 Å². The molecule has 4 N–H and O–H groups in total. The Morgan fingerprint density at radius 3 is 2.82 bits per heavy atom. The average Bonchev–Trinajstić information content (AvgIpc) is 3.51. The number of carbonyl (C=O) groups is 2. The van der Waals surface area contributed by atoms with E-state index in [1.807, 2.05) is 47.9 Å². The fraction of sp³-hybridized carbons (Fsp3) is 0.452. The van der Waals surface area contributed by atoms with E-state index in [2.05, 4.69) is 31.9 Å². The molecule has 0 spiro atoms. The van der Waals surface area contributed by atoms with Crippen LogP contribution >= 0.6 is 11.3 Å². The van der Waals surface area contributed by atoms with Gasteiger partial charge in [0.1, 0.15) is 0 Å². The normalized spacial score (nSPS) is 25.7. The summed E-state index contributed by atoms with van der Waals surface area (Å²) in [6.07, 6.45) is 7.55. The molecule has 2 saturated heterocycles. The number of hydrogen-bond acceptors (Lipinski definition) is 10. The summed E-state index contributed by atoms with van der Waals surface area (Å²) >= 11 is 1.54. The number of allylic oxidation sites excluding steroid dienone is 1. The molecule has 44 heavy (non-hydrogen) atoms. The van der Waals surface area contributed by atoms with Crippen LogP contribution in [0.5, 0.6) is 0 Å². The van der Waals surface area contributed by atoms with Crippen LogP contribution in [0.1, 0.15) is 25.8 Å². The molecule has 1 aromatic carbocycles. The maximum absolute atomic E-state index is 13.2. The molecule has 3 atom stereocenters. The molecule has 3 aromatic rings. The molecule has 0 radical (unpaired) electrons. The van der Waals surface area contributed by atoms with Crippen LogP contribution in [0, 0.1) is 11.3 Å². The lowest BCUT2D eigenvalue weighted by molar-refractivity contribution is -0.155. The molecule has 3 aliphatic rings. The fourth-order valence-electron chi connectivity index (χ4n) is 6.36. The van der Waals surface area contributed by atoms with Crippen molar-refractivity contribution in [3.8, 4) is 11.3 Å². The van der Waals surface area contributed by atoms with Gasteiger partial charge in [-0.1, -0.05) is 6.07 Å². The number of pyridine rings is 1. The predicted octanol–water partition coefficient (Wildman–Crippen LogP) is 3.27. The highest BCUT2D eigenvalue weighted by Gasteiger charge is 2.57. The van der Waals surface area contributed by atoms with Crippen LogP contribution in [-0.2, 0) is 16.1 Å². The summed E-state index contributed by atoms with van der Waals surface area (Å²) in [4.78, 5) is 44.6. The number of morpholine rings is 1. The number of rotatable bonds is 8. The summed E-state index contributed by atoms with van der Waals surface area (Å²) < 4.78 is 6.47. The van der Waals surface area contributed by atoms with E-state index in [-0.39, 0.29) is 0 Å². The molecule has 2 aromatic heterocycles. The molecule has 3 unspecified atom stereocenters. The molecule has 13 heteroatoms. The standard InChI is InChI=1S/C31H38N8O4S/c1-3-33-29(42)37-31(26-18-32-9-7-30(26,2)28(40)41)36-8-4-10-39(31)22-15-23(27-25(16-22)35-20-44-27)24-6-5-21(17-34-24)19-38-11-13-43-14-12-38/h4-6,8,10,15-17,20,26,32H,3,7,9,11-14,18-19H2,1-2H3,(H,40,41)(H2,33,37,42). The van der Waals surface area contributed by atoms with Gasteiger partial charge in [-0.3, -0.25) is 20.0 Å². The molecule has 2 fully saturated rings. The molecular weight excluding hydrogens is 580 g/mol. The third-order valence-electron chi connectivity index (χ3n) is 8.81. The second-order valence-electron chi connectivity index (χ2n) is 11.6. The average molecular weight is 619 g/mol. The molecule has 12 nitrogen and oxygen atoms in total. The number of thiazole rings is 1. The van der Waals surface area contributed by atoms with Crippen molar-refractivity contribution in [2.45, 2.75) is 32.6 Å². The predicted molar refractivity (Wildman–Crippen MR) is 171 cm³/mol. The largest absolute Gasteiger partial charge is 0.481 e. The smallest absolute Gasteiger partial charge is 0.318 e. The van der Waals surface area contributed by atoms with Crippen molar-refractivity contribution < 1.29 is 19.4 Å². The molecule has 6 rings (SSSR count). The zero-order valence-electron chi connectivity index (χ0n) is 25.0. The van der Waals surface area contributed by atoms with Crippen molar-refractivity contribution in [2.75, 3.05) is 50.8 Å². The van der Waals surface area contributed by atoms with Crippen molar-refractivity contribution in [2.24, 2.45) is 16.3 Å². The topological polar surface area (TPSA) is 144 Å². The number of anilines is 1. The minimum Gasteiger partial charge on any atom is -0.481 e. The lowest BCUT2D eigenvalue weighted by atomic mass is 9.68. The molecule has 0 aliphatic carbocycles. The van der Waals surface area contributed by atoms with E-state index < -0.39 is 29.1 Å². The third kappa shape index (κ3) is 5.68. The van der Waals surface area contributed by atoms with Crippen LogP contribution in [0.25, 0.3) is 21.5 Å². The summed E-state index contributed by atoms with van der Waals surface area (Å²) in [6, 6.07) is 7.68. The highest BCUT2D eigenvalue weighted by Crippen LogP contribution is 2.46. The second kappa shape index (κ2) is 12.6. The van der Waals surface area contributed by atoms with Gasteiger partial charge in [0.05, 0.1) is 46.0 Å². The highest BCUT2D eigenvalue weighted by molar-refractivity contribution is 7.17. The number of carboxylic acid groups (broad SMARTS) is 1. The van der Waals surface area contributed by atoms with Crippen LogP contribution in [0.4, 0.5) is 10.5 Å². The minimum absolute atomic E-state index is 0.342. The lowest BCUT2D eigenvalue weighted by Crippen LogP contribution is -2.71. The molecule has 0 saturated carbocycles. The van der Waals surface area contributed by atoms with E-state index in [1.165, 1.54) is 11.3 Å². The maximum Gasteiger partial charge on any atom is 0.318 e. The number of aliphatic carboxylic acids is 1. The maximum atomic E-state index is 13.2. The van der Waals surface area contributed by atoms with Crippen LogP contribution in [-0.4, -0.2) is 89.9 Å². The van der Waals surface area contributed by atoms with Gasteiger partial charge in [-0.2, -0.15) is 0 Å². The summed E-state index contributed by atoms with van der Waals surface area (Å²) in [5.74, 6) is -3.00. The quantitative estimate of drug-likeness (QED) is 0.299. The number of benzene rings is 1. The van der Waals surface area contributed by atoms with Gasteiger partial charge < -0.3 is 25.4 Å². The zero-order chi connectivity index (χ0) is 30.7. The molecular formula is C31H38N8O4S. The van der Waals surface area contributed by atoms with Gasteiger partial charge in [-0.25, -0.2) is 14.8 Å². The van der Waals surface area contributed by atoms with Gasteiger partial charge in [-0.15, -0.1) is 11.3 Å². The third-order valence-corrected chi connectivity index (χ3v) is 9.69. The molecule has 232 valence electrons. The van der Waals surface area contributed by atoms with Crippen LogP contribution in [0.15, 0.2) is 53.2 Å². The van der Waals surface area contributed by atoms with Crippen molar-refractivity contribution in [1.29, 1.82) is 0 Å². The first-order chi connectivity index (χ1) is 21.3. The summed E-state index contributed by atoms with van der Waals surface area (Å²) in [5, 5.41) is 19.7. The monoisotopic (exact) mass is 618 g/mol. The number of carboxylic acids is 1. The Balaban J connectivity index is 1.43. The van der Waals surface area contributed by atoms with Gasteiger partial charge in [0, 0.05) is 62.6 Å². The summed E-state index contributed by atoms with van der Waals surface area (Å²) in [5.41, 5.74) is 4.95. The number of fused-ring (bicyclic) bond motifs is 1. The van der Waals surface area contributed by atoms with E-state index in [4.69, 9.17) is 14.7 Å². The van der Waals surface area contributed by atoms with E-state index in [1.54, 1.807) is 19.2 Å². The van der Waals surface area contributed by atoms with Crippen LogP contribution in [0.3, 0.4) is 0 Å². The number of amides is 2. The van der Waals surface area contributed by atoms with E-state index in [0.29, 0.717) is 31.7 Å². The zero-order valence-corrected chi connectivity index (χ0v) is 25.8. The molecule has 3 aliphatic heterocycles. The first-order valence-corrected chi connectivity index (χ1v) is 15.9. The Morgan fingerprint density at radius 2 is 2.07 bits per heavy atom. The number of carbonyl (C=O) groups excluding carboxylic acids is 1. The van der Waals surface area contributed by atoms with E-state index >= 15 is 0 Å². The number of aromatic nitrogens is 2. The summed E-state index contributed by atoms with van der Waals surface area (Å²) in [7, 11) is 0. The number of hydrogen-bond donors (Lipinski definition) is 4. The van der Waals surface area contributed by atoms with Crippen molar-refractivity contribution in [3.63, 3.8) is 0 Å². The van der Waals surface area contributed by atoms with Crippen molar-refractivity contribution >= 4 is 45.5 Å². The van der Waals surface area contributed by atoms with Crippen LogP contribution < -0.4 is 20.9 Å². The Bertz CT molecular complexity index is 1570. The fourth-order valence-corrected chi connectivity index (χ4v) is 7.16. The number of nitrogens with one attached hydrogen (secondary N) is 3. The van der Waals surface area contributed by atoms with Crippen LogP contribution in [0.2, 0.25) is 0 Å². The number of piperidine rings is 1. The summed E-state index contributed by atoms with van der Waals surface area (Å²) in [6.45, 7) is 8.99. The SMILES string of the molecule is CCNC(=O)NC1(C2CNCCC2(C)C(=O)O)N=CC=CN1c1cc(-c2ccc(CN3CCOCC3)cn2)c2scnc2c1. The second-order valence-corrected chi connectivity index (χ2v) is 12.4. The Labute approximate surface area is 260 Å². The number of urea groups is 1. The van der Waals surface area contributed by atoms with Crippen molar-refractivity contribution in [3.05, 3.63) is 53.8 Å². The van der Waals surface area contributed by atoms with Crippen molar-refractivity contribution in [1.82, 2.24) is 30.8 Å². The van der Waals surface area contributed by atoms with E-state index in [0.717, 1.165) is 59.9 Å². The first-order valence-electron chi connectivity index (χ1n) is 15.0. The van der Waals surface area contributed by atoms with Gasteiger partial charge in [0.15, 0.2) is 0 Å². The number of aliphatic imine (C=N–C) groups is 1. The highest BCUT2D eigenvalue weighted by atomic mass is 32.1. The molecule has 5 heterocycles. The number of nitrogens with zero attached hydrogens (tertiary/aromatic N) is 5. The number of ether oxygens (including phenoxy) is 1. The van der Waals surface area contributed by atoms with Gasteiger partial charge in [0.25, 0.3) is 0 Å². The minimum atomic E-state index is -1.44. The van der Waals surface area contributed by atoms with Gasteiger partial charge >= 0.3 is 12.0 Å². The Kier molecular flexibility index (Phi) is 8.63. The van der Waals surface area contributed by atoms with E-state index in [9.17, 15) is 14.7 Å². The molecule has 0 bridgehead atoms. The Morgan fingerprint density at radius 1 is 1.23 bits per heavy atom. The molecule has 2 amide bonds. The van der Waals surface area contributed by atoms with Gasteiger partial charge in [-0.05, 0) is 56.7 Å². The first kappa shape index (κ1) is 30.1. The Hall–Kier alpha value is -3.91.